The first-order chi connectivity index (χ1) is 67.3. The van der Waals surface area contributed by atoms with Gasteiger partial charge in [0.25, 0.3) is 0 Å². The minimum absolute atomic E-state index is 0.211. The molecule has 9 rings (SSSR count). The predicted octanol–water partition coefficient (Wildman–Crippen LogP) is 24.3. The Bertz CT molecular complexity index is 4140. The molecule has 0 saturated heterocycles. The van der Waals surface area contributed by atoms with Gasteiger partial charge < -0.3 is 105 Å². The van der Waals surface area contributed by atoms with Crippen molar-refractivity contribution in [1.29, 1.82) is 0 Å². The number of rotatable bonds is 88. The maximum Gasteiger partial charge on any atom is 0.164 e. The van der Waals surface area contributed by atoms with Crippen LogP contribution in [0, 0.1) is 0 Å². The van der Waals surface area contributed by atoms with Gasteiger partial charge >= 0.3 is 0 Å². The maximum atomic E-state index is 6.94. The summed E-state index contributed by atoms with van der Waals surface area (Å²) in [5.74, 6) is 5.53. The Hall–Kier alpha value is -7.84. The summed E-state index contributed by atoms with van der Waals surface area (Å²) in [6, 6.07) is 15.9. The summed E-state index contributed by atoms with van der Waals surface area (Å²) in [4.78, 5) is 41.2. The van der Waals surface area contributed by atoms with Gasteiger partial charge in [0.2, 0.25) is 0 Å². The Balaban J connectivity index is 1.26. The molecule has 0 fully saturated rings. The van der Waals surface area contributed by atoms with Crippen LogP contribution >= 0.6 is 0 Å². The van der Waals surface area contributed by atoms with Gasteiger partial charge in [-0.3, -0.25) is 0 Å². The second-order valence-corrected chi connectivity index (χ2v) is 35.4. The van der Waals surface area contributed by atoms with Crippen molar-refractivity contribution in [2.75, 3.05) is 213 Å². The Morgan fingerprint density at radius 1 is 0.169 bits per heavy atom. The lowest BCUT2D eigenvalue weighted by Crippen LogP contribution is -2.12. The SMILES string of the molecule is CCCCCCCCCCCCOc1cc2c(cc1OCCOCCOCCOC)-c1nc-2nc2[nH]c(nc3nc(nc4[nH]c(n1)c1cc(OCCCCCCCCCCCC)c(OCCOCCOCCOC)cc41)-c1cc(OCCOCCOCCOC)c(OCCCCCCCCCCCC)cc1-3)c1cc(OCCCCCCCCCCCC)c(OCCOCCOCCOC)cc21. The smallest absolute Gasteiger partial charge is 0.164 e. The van der Waals surface area contributed by atoms with E-state index in [2.05, 4.69) is 37.7 Å². The van der Waals surface area contributed by atoms with Crippen molar-refractivity contribution < 1.29 is 94.7 Å². The molecule has 0 saturated carbocycles. The van der Waals surface area contributed by atoms with Crippen LogP contribution in [0.4, 0.5) is 0 Å². The van der Waals surface area contributed by atoms with Crippen LogP contribution in [0.1, 0.15) is 285 Å². The number of aromatic nitrogens is 8. The average molecular weight is 1900 g/mol. The second kappa shape index (κ2) is 71.6. The van der Waals surface area contributed by atoms with E-state index in [1.807, 2.05) is 48.5 Å². The van der Waals surface area contributed by atoms with E-state index in [0.717, 1.165) is 77.0 Å². The Kier molecular flexibility index (Phi) is 58.8. The van der Waals surface area contributed by atoms with E-state index >= 15 is 0 Å². The highest BCUT2D eigenvalue weighted by molar-refractivity contribution is 6.08. The van der Waals surface area contributed by atoms with E-state index in [9.17, 15) is 0 Å². The van der Waals surface area contributed by atoms with Crippen molar-refractivity contribution in [3.05, 3.63) is 48.5 Å². The molecule has 0 spiro atoms. The maximum absolute atomic E-state index is 6.94. The first-order valence-corrected chi connectivity index (χ1v) is 52.5. The highest BCUT2D eigenvalue weighted by atomic mass is 16.6. The number of benzene rings is 4. The molecule has 2 aliphatic heterocycles. The molecule has 2 aliphatic rings. The van der Waals surface area contributed by atoms with Gasteiger partial charge in [0.05, 0.1) is 159 Å². The summed E-state index contributed by atoms with van der Waals surface area (Å²) in [6.07, 6.45) is 47.4. The fourth-order valence-corrected chi connectivity index (χ4v) is 16.5. The summed E-state index contributed by atoms with van der Waals surface area (Å²) in [5, 5.41) is 2.71. The molecule has 136 heavy (non-hydrogen) atoms. The van der Waals surface area contributed by atoms with Crippen molar-refractivity contribution in [1.82, 2.24) is 39.9 Å². The molecule has 0 atom stereocenters. The first kappa shape index (κ1) is 112. The summed E-state index contributed by atoms with van der Waals surface area (Å²) >= 11 is 0. The molecular formula is C108H170N8O20. The van der Waals surface area contributed by atoms with Crippen LogP contribution < -0.4 is 37.9 Å². The molecule has 8 bridgehead atoms. The predicted molar refractivity (Wildman–Crippen MR) is 541 cm³/mol. The van der Waals surface area contributed by atoms with E-state index in [1.54, 1.807) is 28.4 Å². The van der Waals surface area contributed by atoms with Crippen LogP contribution in [0.2, 0.25) is 0 Å². The van der Waals surface area contributed by atoms with Crippen LogP contribution in [-0.2, 0) is 56.8 Å². The molecule has 762 valence electrons. The standard InChI is InChI=1S/C108H170N8O20/c1-9-13-17-21-25-29-33-37-41-45-49-129-93-77-85-89(81-97(93)133-73-69-125-65-61-121-57-53-117-5)105-110-101(85)109-102-86-78-94(130-50-46-42-38-34-30-26-22-18-14-10-2)99(135-75-71-127-67-63-123-59-55-119-7)83-91(86)107(111-102)116-108-92-84-100(136-76-72-128-68-64-124-60-56-120-8)96(132-52-48-44-40-36-32-28-24-20-16-12-4)80-88(92)104(115-108)114-106-90-82-98(134-74-70-126-66-62-122-58-54-118-6)95(79-87(90)103(112-105)113-106)131-51-47-43-39-35-31-27-23-19-15-11-3/h77-84H,9-76H2,1-8H3,(H2,109,110,111,112,113,114,115,116). The lowest BCUT2D eigenvalue weighted by Gasteiger charge is -2.15. The second-order valence-electron chi connectivity index (χ2n) is 35.4. The summed E-state index contributed by atoms with van der Waals surface area (Å²) < 4.78 is 123. The quantitative estimate of drug-likeness (QED) is 0.0335. The molecule has 7 aromatic rings. The normalized spacial score (nSPS) is 11.8. The summed E-state index contributed by atoms with van der Waals surface area (Å²) in [6.45, 7) is 20.0. The van der Waals surface area contributed by atoms with E-state index in [0.29, 0.717) is 274 Å². The molecule has 0 radical (unpaired) electrons. The molecule has 28 nitrogen and oxygen atoms in total. The van der Waals surface area contributed by atoms with Gasteiger partial charge in [-0.05, 0) is 74.2 Å². The van der Waals surface area contributed by atoms with Gasteiger partial charge in [-0.25, -0.2) is 29.9 Å². The lowest BCUT2D eigenvalue weighted by atomic mass is 10.1. The number of hydrogen-bond donors (Lipinski definition) is 2. The zero-order valence-electron chi connectivity index (χ0n) is 84.6. The molecule has 0 amide bonds. The monoisotopic (exact) mass is 1900 g/mol. The molecule has 0 unspecified atom stereocenters. The van der Waals surface area contributed by atoms with E-state index in [1.165, 1.54) is 180 Å². The Morgan fingerprint density at radius 2 is 0.324 bits per heavy atom. The van der Waals surface area contributed by atoms with E-state index in [-0.39, 0.29) is 46.2 Å². The van der Waals surface area contributed by atoms with Crippen molar-refractivity contribution in [3.8, 4) is 91.5 Å². The van der Waals surface area contributed by atoms with Gasteiger partial charge in [-0.2, -0.15) is 0 Å². The molecule has 0 aliphatic carbocycles. The highest BCUT2D eigenvalue weighted by Gasteiger charge is 2.29. The lowest BCUT2D eigenvalue weighted by molar-refractivity contribution is 0.0177. The number of fused-ring (bicyclic) bond motifs is 20. The third kappa shape index (κ3) is 42.3. The van der Waals surface area contributed by atoms with Crippen LogP contribution in [0.3, 0.4) is 0 Å². The Morgan fingerprint density at radius 3 is 0.507 bits per heavy atom. The largest absolute Gasteiger partial charge is 0.490 e. The number of nitrogens with one attached hydrogen (secondary N) is 2. The van der Waals surface area contributed by atoms with Crippen LogP contribution in [0.5, 0.6) is 46.0 Å². The van der Waals surface area contributed by atoms with Gasteiger partial charge in [-0.1, -0.05) is 259 Å². The number of unbranched alkanes of at least 4 members (excludes halogenated alkanes) is 36. The third-order valence-electron chi connectivity index (χ3n) is 24.3. The first-order valence-electron chi connectivity index (χ1n) is 52.5. The minimum Gasteiger partial charge on any atom is -0.490 e. The molecule has 2 N–H and O–H groups in total. The summed E-state index contributed by atoms with van der Waals surface area (Å²) in [5.41, 5.74) is 4.34. The van der Waals surface area contributed by atoms with Gasteiger partial charge in [0.15, 0.2) is 69.3 Å². The molecule has 28 heteroatoms. The van der Waals surface area contributed by atoms with Gasteiger partial charge in [0.1, 0.15) is 49.0 Å². The van der Waals surface area contributed by atoms with E-state index < -0.39 is 0 Å². The van der Waals surface area contributed by atoms with Crippen molar-refractivity contribution in [3.63, 3.8) is 0 Å². The summed E-state index contributed by atoms with van der Waals surface area (Å²) in [7, 11) is 6.65. The molecule has 5 heterocycles. The molecular weight excluding hydrogens is 1730 g/mol. The topological polar surface area (TPSA) is 294 Å². The van der Waals surface area contributed by atoms with Crippen LogP contribution in [-0.4, -0.2) is 253 Å². The van der Waals surface area contributed by atoms with Crippen LogP contribution in [0.25, 0.3) is 89.7 Å². The number of nitrogens with zero attached hydrogens (tertiary/aromatic N) is 6. The molecule has 4 aromatic carbocycles. The number of methoxy groups -OCH3 is 4. The van der Waals surface area contributed by atoms with Crippen molar-refractivity contribution in [2.45, 2.75) is 285 Å². The van der Waals surface area contributed by atoms with E-state index in [4.69, 9.17) is 125 Å². The fourth-order valence-electron chi connectivity index (χ4n) is 16.5. The van der Waals surface area contributed by atoms with Gasteiger partial charge in [-0.15, -0.1) is 0 Å². The number of H-pyrrole nitrogens is 2. The fraction of sp³-hybridized carbons (Fsp3) is 0.704. The number of aromatic amines is 2. The number of hydrogen-bond acceptors (Lipinski definition) is 26. The van der Waals surface area contributed by atoms with Gasteiger partial charge in [0, 0.05) is 72.2 Å². The van der Waals surface area contributed by atoms with Crippen molar-refractivity contribution in [2.24, 2.45) is 0 Å². The van der Waals surface area contributed by atoms with Crippen LogP contribution in [0.15, 0.2) is 48.5 Å². The van der Waals surface area contributed by atoms with Crippen molar-refractivity contribution >= 4 is 44.1 Å². The zero-order chi connectivity index (χ0) is 95.4. The Labute approximate surface area is 812 Å². The minimum atomic E-state index is 0.211. The highest BCUT2D eigenvalue weighted by Crippen LogP contribution is 2.47. The average Bonchev–Trinajstić information content (AvgIpc) is 1.59. The zero-order valence-corrected chi connectivity index (χ0v) is 84.6. The molecule has 3 aromatic heterocycles. The number of ether oxygens (including phenoxy) is 20. The third-order valence-corrected chi connectivity index (χ3v) is 24.3.